The van der Waals surface area contributed by atoms with Gasteiger partial charge in [0, 0.05) is 30.1 Å². The second-order valence-electron chi connectivity index (χ2n) is 7.79. The number of nitrogens with one attached hydrogen (secondary N) is 1. The monoisotopic (exact) mass is 519 g/mol. The predicted octanol–water partition coefficient (Wildman–Crippen LogP) is 5.25. The van der Waals surface area contributed by atoms with Crippen LogP contribution in [0.2, 0.25) is 0 Å². The third-order valence-electron chi connectivity index (χ3n) is 5.26. The molecule has 1 N–H and O–H groups in total. The summed E-state index contributed by atoms with van der Waals surface area (Å²) in [4.78, 5) is 3.77. The van der Waals surface area contributed by atoms with Crippen LogP contribution in [0.25, 0.3) is 22.4 Å². The third kappa shape index (κ3) is 5.26. The Morgan fingerprint density at radius 2 is 1.78 bits per heavy atom. The molecule has 0 fully saturated rings. The van der Waals surface area contributed by atoms with E-state index in [1.165, 1.54) is 54.9 Å². The first-order valence-electron chi connectivity index (χ1n) is 10.7. The Labute approximate surface area is 205 Å². The van der Waals surface area contributed by atoms with Crippen molar-refractivity contribution in [2.45, 2.75) is 24.2 Å². The van der Waals surface area contributed by atoms with Crippen molar-refractivity contribution >= 4 is 10.0 Å². The molecule has 188 valence electrons. The van der Waals surface area contributed by atoms with Gasteiger partial charge in [-0.1, -0.05) is 24.3 Å². The maximum atomic E-state index is 14.6. The summed E-state index contributed by atoms with van der Waals surface area (Å²) in [6, 6.07) is 14.5. The zero-order chi connectivity index (χ0) is 25.9. The highest BCUT2D eigenvalue weighted by atomic mass is 32.2. The van der Waals surface area contributed by atoms with E-state index in [2.05, 4.69) is 15.0 Å². The number of aromatic nitrogens is 2. The van der Waals surface area contributed by atoms with Gasteiger partial charge in [-0.05, 0) is 54.6 Å². The van der Waals surface area contributed by atoms with Crippen LogP contribution >= 0.6 is 0 Å². The molecule has 2 aromatic carbocycles. The van der Waals surface area contributed by atoms with Gasteiger partial charge in [0.25, 0.3) is 16.4 Å². The number of alkyl halides is 3. The van der Waals surface area contributed by atoms with E-state index in [-0.39, 0.29) is 21.9 Å². The molecule has 0 saturated heterocycles. The number of hydrogen-bond acceptors (Lipinski definition) is 5. The minimum absolute atomic E-state index is 0.105. The summed E-state index contributed by atoms with van der Waals surface area (Å²) in [5.41, 5.74) is 1.60. The Morgan fingerprint density at radius 1 is 1.00 bits per heavy atom. The summed E-state index contributed by atoms with van der Waals surface area (Å²) in [7, 11) is -2.49. The summed E-state index contributed by atoms with van der Waals surface area (Å²) in [5, 5.41) is 2.94. The number of halogens is 4. The van der Waals surface area contributed by atoms with Crippen LogP contribution in [-0.4, -0.2) is 37.2 Å². The van der Waals surface area contributed by atoms with E-state index in [0.29, 0.717) is 23.2 Å². The molecule has 4 rings (SSSR count). The van der Waals surface area contributed by atoms with Crippen molar-refractivity contribution in [3.8, 4) is 28.1 Å². The van der Waals surface area contributed by atoms with E-state index < -0.39 is 28.6 Å². The van der Waals surface area contributed by atoms with E-state index >= 15 is 0 Å². The first kappa shape index (κ1) is 25.4. The van der Waals surface area contributed by atoms with Crippen LogP contribution in [0.1, 0.15) is 5.56 Å². The minimum atomic E-state index is -4.19. The summed E-state index contributed by atoms with van der Waals surface area (Å²) in [6.45, 7) is 0.358. The molecule has 2 heterocycles. The van der Waals surface area contributed by atoms with E-state index in [1.807, 2.05) is 0 Å². The minimum Gasteiger partial charge on any atom is -0.453 e. The van der Waals surface area contributed by atoms with E-state index in [4.69, 9.17) is 0 Å². The Morgan fingerprint density at radius 3 is 2.50 bits per heavy atom. The van der Waals surface area contributed by atoms with Crippen molar-refractivity contribution in [2.24, 2.45) is 0 Å². The Hall–Kier alpha value is -3.70. The molecule has 1 unspecified atom stereocenters. The molecule has 0 aliphatic carbocycles. The van der Waals surface area contributed by atoms with Gasteiger partial charge in [0.05, 0.1) is 16.8 Å². The fraction of sp³-hybridized carbons (Fsp3) is 0.160. The van der Waals surface area contributed by atoms with Crippen LogP contribution in [0.3, 0.4) is 0 Å². The van der Waals surface area contributed by atoms with Crippen LogP contribution in [0.4, 0.5) is 17.6 Å². The van der Waals surface area contributed by atoms with Crippen LogP contribution in [0.15, 0.2) is 84.1 Å². The molecular formula is C25H21F4N3O3S. The average molecular weight is 520 g/mol. The maximum Gasteiger partial charge on any atom is 0.304 e. The summed E-state index contributed by atoms with van der Waals surface area (Å²) in [5.74, 6) is -0.813. The van der Waals surface area contributed by atoms with Gasteiger partial charge in [-0.25, -0.2) is 25.6 Å². The smallest absolute Gasteiger partial charge is 0.304 e. The summed E-state index contributed by atoms with van der Waals surface area (Å²) in [6.07, 6.45) is -2.31. The first-order valence-corrected chi connectivity index (χ1v) is 12.2. The lowest BCUT2D eigenvalue weighted by Gasteiger charge is -2.13. The SMILES string of the molecule is CNCc1cc(-c2ccccc2F)n(S(=O)(=O)c2cccc(-c3cncc(OC(F)C(F)F)c3)c2)c1. The van der Waals surface area contributed by atoms with Crippen molar-refractivity contribution in [1.82, 2.24) is 14.3 Å². The average Bonchev–Trinajstić information content (AvgIpc) is 3.29. The number of pyridine rings is 1. The molecule has 1 atom stereocenters. The van der Waals surface area contributed by atoms with Crippen molar-refractivity contribution in [2.75, 3.05) is 7.05 Å². The standard InChI is InChI=1S/C25H21F4N3O3S/c1-30-12-16-9-23(21-7-2-3-8-22(21)26)32(15-16)36(33,34)20-6-4-5-17(11-20)18-10-19(14-31-13-18)35-25(29)24(27)28/h2-11,13-15,24-25,30H,12H2,1H3. The lowest BCUT2D eigenvalue weighted by molar-refractivity contribution is -0.0670. The molecule has 0 amide bonds. The number of nitrogens with zero attached hydrogens (tertiary/aromatic N) is 2. The van der Waals surface area contributed by atoms with Crippen molar-refractivity contribution in [3.63, 3.8) is 0 Å². The van der Waals surface area contributed by atoms with Gasteiger partial charge in [-0.2, -0.15) is 4.39 Å². The fourth-order valence-electron chi connectivity index (χ4n) is 3.63. The highest BCUT2D eigenvalue weighted by Crippen LogP contribution is 2.31. The van der Waals surface area contributed by atoms with Crippen molar-refractivity contribution in [3.05, 3.63) is 90.6 Å². The molecule has 0 aliphatic rings. The van der Waals surface area contributed by atoms with Gasteiger partial charge >= 0.3 is 6.43 Å². The largest absolute Gasteiger partial charge is 0.453 e. The van der Waals surface area contributed by atoms with E-state index in [1.54, 1.807) is 25.2 Å². The zero-order valence-electron chi connectivity index (χ0n) is 18.9. The molecule has 0 aliphatic heterocycles. The lowest BCUT2D eigenvalue weighted by Crippen LogP contribution is -2.19. The third-order valence-corrected chi connectivity index (χ3v) is 6.93. The topological polar surface area (TPSA) is 73.2 Å². The molecule has 0 bridgehead atoms. The van der Waals surface area contributed by atoms with Gasteiger partial charge in [0.2, 0.25) is 0 Å². The molecule has 0 saturated carbocycles. The molecule has 0 radical (unpaired) electrons. The second kappa shape index (κ2) is 10.5. The van der Waals surface area contributed by atoms with Crippen LogP contribution in [0, 0.1) is 5.82 Å². The molecule has 11 heteroatoms. The molecular weight excluding hydrogens is 498 g/mol. The van der Waals surface area contributed by atoms with Gasteiger partial charge < -0.3 is 10.1 Å². The number of benzene rings is 2. The second-order valence-corrected chi connectivity index (χ2v) is 9.60. The predicted molar refractivity (Wildman–Crippen MR) is 126 cm³/mol. The fourth-order valence-corrected chi connectivity index (χ4v) is 5.07. The van der Waals surface area contributed by atoms with E-state index in [0.717, 1.165) is 10.2 Å². The maximum absolute atomic E-state index is 14.6. The highest BCUT2D eigenvalue weighted by Gasteiger charge is 2.24. The Balaban J connectivity index is 1.76. The molecule has 4 aromatic rings. The quantitative estimate of drug-likeness (QED) is 0.306. The Kier molecular flexibility index (Phi) is 7.41. The summed E-state index contributed by atoms with van der Waals surface area (Å²) < 4.78 is 85.8. The zero-order valence-corrected chi connectivity index (χ0v) is 19.7. The van der Waals surface area contributed by atoms with Gasteiger partial charge in [0.1, 0.15) is 11.6 Å². The van der Waals surface area contributed by atoms with Crippen LogP contribution in [0.5, 0.6) is 5.75 Å². The normalized spacial score (nSPS) is 12.6. The number of hydrogen-bond donors (Lipinski definition) is 1. The number of rotatable bonds is 9. The number of ether oxygens (including phenoxy) is 1. The molecule has 36 heavy (non-hydrogen) atoms. The molecule has 2 aromatic heterocycles. The van der Waals surface area contributed by atoms with Crippen LogP contribution < -0.4 is 10.1 Å². The molecule has 0 spiro atoms. The van der Waals surface area contributed by atoms with Gasteiger partial charge in [0.15, 0.2) is 0 Å². The lowest BCUT2D eigenvalue weighted by atomic mass is 10.1. The van der Waals surface area contributed by atoms with Gasteiger partial charge in [-0.15, -0.1) is 0 Å². The van der Waals surface area contributed by atoms with Gasteiger partial charge in [-0.3, -0.25) is 4.98 Å². The first-order chi connectivity index (χ1) is 17.2. The van der Waals surface area contributed by atoms with Crippen LogP contribution in [-0.2, 0) is 16.6 Å². The highest BCUT2D eigenvalue weighted by molar-refractivity contribution is 7.90. The summed E-state index contributed by atoms with van der Waals surface area (Å²) >= 11 is 0. The van der Waals surface area contributed by atoms with E-state index in [9.17, 15) is 26.0 Å². The van der Waals surface area contributed by atoms with Crippen molar-refractivity contribution < 1.29 is 30.7 Å². The Bertz CT molecular complexity index is 1470. The van der Waals surface area contributed by atoms with Crippen molar-refractivity contribution in [1.29, 1.82) is 0 Å². The molecule has 6 nitrogen and oxygen atoms in total.